The van der Waals surface area contributed by atoms with E-state index < -0.39 is 11.9 Å². The largest absolute Gasteiger partial charge is 0.497 e. The molecule has 2 aromatic carbocycles. The van der Waals surface area contributed by atoms with Gasteiger partial charge in [0.05, 0.1) is 19.6 Å². The molecule has 4 nitrogen and oxygen atoms in total. The fourth-order valence-corrected chi connectivity index (χ4v) is 2.72. The predicted octanol–water partition coefficient (Wildman–Crippen LogP) is 4.45. The van der Waals surface area contributed by atoms with Crippen LogP contribution in [-0.4, -0.2) is 24.8 Å². The van der Waals surface area contributed by atoms with Gasteiger partial charge in [-0.15, -0.1) is 0 Å². The summed E-state index contributed by atoms with van der Waals surface area (Å²) in [7, 11) is 1.60. The molecule has 0 aliphatic rings. The zero-order valence-corrected chi connectivity index (χ0v) is 15.3. The molecule has 2 aromatic rings. The van der Waals surface area contributed by atoms with Crippen LogP contribution in [0.25, 0.3) is 0 Å². The number of hydrogen-bond donors (Lipinski definition) is 1. The first kappa shape index (κ1) is 18.8. The normalized spacial score (nSPS) is 12.0. The number of aliphatic carboxylic acids is 1. The Bertz CT molecular complexity index is 704. The van der Waals surface area contributed by atoms with Gasteiger partial charge in [0.2, 0.25) is 0 Å². The van der Waals surface area contributed by atoms with E-state index in [0.29, 0.717) is 18.9 Å². The molecule has 2 rings (SSSR count). The van der Waals surface area contributed by atoms with Gasteiger partial charge in [-0.3, -0.25) is 4.79 Å². The average molecular weight is 342 g/mol. The molecular formula is C21H26O4. The molecular weight excluding hydrogens is 316 g/mol. The molecule has 0 heterocycles. The van der Waals surface area contributed by atoms with Gasteiger partial charge >= 0.3 is 5.97 Å². The minimum atomic E-state index is -0.826. The predicted molar refractivity (Wildman–Crippen MR) is 98.6 cm³/mol. The zero-order valence-electron chi connectivity index (χ0n) is 15.3. The number of methoxy groups -OCH3 is 1. The number of ether oxygens (including phenoxy) is 2. The van der Waals surface area contributed by atoms with E-state index in [2.05, 4.69) is 13.8 Å². The SMILES string of the molecule is COc1ccc(C(Cc2ccc(OCC(C)C)cc2)C(=O)O)c(C)c1. The van der Waals surface area contributed by atoms with Gasteiger partial charge in [-0.1, -0.05) is 32.0 Å². The maximum atomic E-state index is 11.8. The summed E-state index contributed by atoms with van der Waals surface area (Å²) in [6.45, 7) is 6.78. The van der Waals surface area contributed by atoms with Gasteiger partial charge in [-0.25, -0.2) is 0 Å². The highest BCUT2D eigenvalue weighted by molar-refractivity contribution is 5.77. The first-order chi connectivity index (χ1) is 11.9. The van der Waals surface area contributed by atoms with Crippen molar-refractivity contribution in [3.63, 3.8) is 0 Å². The number of carboxylic acid groups (broad SMARTS) is 1. The standard InChI is InChI=1S/C21H26O4/c1-14(2)13-25-17-7-5-16(6-8-17)12-20(21(22)23)19-10-9-18(24-4)11-15(19)3/h5-11,14,20H,12-13H2,1-4H3,(H,22,23). The van der Waals surface area contributed by atoms with Crippen LogP contribution in [0.4, 0.5) is 0 Å². The fourth-order valence-electron chi connectivity index (χ4n) is 2.72. The van der Waals surface area contributed by atoms with E-state index in [0.717, 1.165) is 28.2 Å². The van der Waals surface area contributed by atoms with Gasteiger partial charge in [0.1, 0.15) is 11.5 Å². The lowest BCUT2D eigenvalue weighted by Crippen LogP contribution is -2.15. The molecule has 0 bridgehead atoms. The Morgan fingerprint density at radius 3 is 2.24 bits per heavy atom. The second kappa shape index (κ2) is 8.56. The summed E-state index contributed by atoms with van der Waals surface area (Å²) in [6.07, 6.45) is 0.437. The Kier molecular flexibility index (Phi) is 6.45. The maximum Gasteiger partial charge on any atom is 0.311 e. The lowest BCUT2D eigenvalue weighted by atomic mass is 9.89. The highest BCUT2D eigenvalue weighted by Gasteiger charge is 2.22. The van der Waals surface area contributed by atoms with Gasteiger partial charge in [-0.05, 0) is 60.2 Å². The van der Waals surface area contributed by atoms with Crippen LogP contribution in [-0.2, 0) is 11.2 Å². The van der Waals surface area contributed by atoms with Crippen molar-refractivity contribution in [3.05, 3.63) is 59.2 Å². The molecule has 1 unspecified atom stereocenters. The summed E-state index contributed by atoms with van der Waals surface area (Å²) in [6, 6.07) is 13.2. The van der Waals surface area contributed by atoms with E-state index in [9.17, 15) is 9.90 Å². The third kappa shape index (κ3) is 5.24. The van der Waals surface area contributed by atoms with Crippen LogP contribution in [0.1, 0.15) is 36.5 Å². The first-order valence-corrected chi connectivity index (χ1v) is 8.49. The molecule has 0 amide bonds. The number of rotatable bonds is 8. The van der Waals surface area contributed by atoms with Crippen molar-refractivity contribution < 1.29 is 19.4 Å². The maximum absolute atomic E-state index is 11.8. The highest BCUT2D eigenvalue weighted by atomic mass is 16.5. The van der Waals surface area contributed by atoms with Crippen LogP contribution in [0.2, 0.25) is 0 Å². The van der Waals surface area contributed by atoms with Gasteiger partial charge in [0.15, 0.2) is 0 Å². The molecule has 134 valence electrons. The Hall–Kier alpha value is -2.49. The first-order valence-electron chi connectivity index (χ1n) is 8.49. The van der Waals surface area contributed by atoms with Crippen LogP contribution < -0.4 is 9.47 Å². The summed E-state index contributed by atoms with van der Waals surface area (Å²) in [4.78, 5) is 11.8. The van der Waals surface area contributed by atoms with Crippen molar-refractivity contribution in [1.82, 2.24) is 0 Å². The number of aryl methyl sites for hydroxylation is 1. The molecule has 1 N–H and O–H groups in total. The smallest absolute Gasteiger partial charge is 0.311 e. The lowest BCUT2D eigenvalue weighted by molar-refractivity contribution is -0.138. The molecule has 0 saturated heterocycles. The molecule has 0 fully saturated rings. The van der Waals surface area contributed by atoms with E-state index in [1.807, 2.05) is 43.3 Å². The van der Waals surface area contributed by atoms with Gasteiger partial charge in [-0.2, -0.15) is 0 Å². The van der Waals surface area contributed by atoms with Gasteiger partial charge in [0, 0.05) is 0 Å². The minimum absolute atomic E-state index is 0.437. The van der Waals surface area contributed by atoms with E-state index >= 15 is 0 Å². The van der Waals surface area contributed by atoms with Gasteiger partial charge in [0.25, 0.3) is 0 Å². The van der Waals surface area contributed by atoms with Crippen LogP contribution in [0, 0.1) is 12.8 Å². The third-order valence-corrected chi connectivity index (χ3v) is 4.10. The summed E-state index contributed by atoms with van der Waals surface area (Å²) in [5.74, 6) is 0.595. The second-order valence-electron chi connectivity index (χ2n) is 6.67. The molecule has 0 spiro atoms. The van der Waals surface area contributed by atoms with Crippen molar-refractivity contribution in [1.29, 1.82) is 0 Å². The monoisotopic (exact) mass is 342 g/mol. The summed E-state index contributed by atoms with van der Waals surface area (Å²) >= 11 is 0. The molecule has 0 aromatic heterocycles. The average Bonchev–Trinajstić information content (AvgIpc) is 2.59. The Labute approximate surface area is 149 Å². The molecule has 0 saturated carbocycles. The number of carboxylic acids is 1. The van der Waals surface area contributed by atoms with Crippen LogP contribution >= 0.6 is 0 Å². The zero-order chi connectivity index (χ0) is 18.4. The van der Waals surface area contributed by atoms with Crippen molar-refractivity contribution in [2.75, 3.05) is 13.7 Å². The topological polar surface area (TPSA) is 55.8 Å². The summed E-state index contributed by atoms with van der Waals surface area (Å²) in [5, 5.41) is 9.68. The van der Waals surface area contributed by atoms with E-state index in [1.165, 1.54) is 0 Å². The molecule has 0 aliphatic carbocycles. The molecule has 25 heavy (non-hydrogen) atoms. The van der Waals surface area contributed by atoms with Gasteiger partial charge < -0.3 is 14.6 Å². The minimum Gasteiger partial charge on any atom is -0.497 e. The van der Waals surface area contributed by atoms with E-state index in [4.69, 9.17) is 9.47 Å². The van der Waals surface area contributed by atoms with Crippen LogP contribution in [0.15, 0.2) is 42.5 Å². The summed E-state index contributed by atoms with van der Waals surface area (Å²) in [5.41, 5.74) is 2.71. The van der Waals surface area contributed by atoms with E-state index in [1.54, 1.807) is 13.2 Å². The number of carbonyl (C=O) groups is 1. The van der Waals surface area contributed by atoms with Crippen molar-refractivity contribution >= 4 is 5.97 Å². The summed E-state index contributed by atoms with van der Waals surface area (Å²) < 4.78 is 10.9. The number of hydrogen-bond acceptors (Lipinski definition) is 3. The van der Waals surface area contributed by atoms with Crippen LogP contribution in [0.5, 0.6) is 11.5 Å². The molecule has 1 atom stereocenters. The Balaban J connectivity index is 2.15. The molecule has 0 aliphatic heterocycles. The van der Waals surface area contributed by atoms with E-state index in [-0.39, 0.29) is 0 Å². The fraction of sp³-hybridized carbons (Fsp3) is 0.381. The number of benzene rings is 2. The Morgan fingerprint density at radius 1 is 1.08 bits per heavy atom. The third-order valence-electron chi connectivity index (χ3n) is 4.10. The molecule has 0 radical (unpaired) electrons. The second-order valence-corrected chi connectivity index (χ2v) is 6.67. The quantitative estimate of drug-likeness (QED) is 0.770. The molecule has 4 heteroatoms. The highest BCUT2D eigenvalue weighted by Crippen LogP contribution is 2.28. The Morgan fingerprint density at radius 2 is 1.72 bits per heavy atom. The van der Waals surface area contributed by atoms with Crippen LogP contribution in [0.3, 0.4) is 0 Å². The van der Waals surface area contributed by atoms with Crippen molar-refractivity contribution in [3.8, 4) is 11.5 Å². The van der Waals surface area contributed by atoms with Crippen molar-refractivity contribution in [2.24, 2.45) is 5.92 Å². The van der Waals surface area contributed by atoms with Crippen molar-refractivity contribution in [2.45, 2.75) is 33.1 Å². The lowest BCUT2D eigenvalue weighted by Gasteiger charge is -2.17.